The van der Waals surface area contributed by atoms with Gasteiger partial charge in [-0.3, -0.25) is 11.3 Å². The molecule has 96 valence electrons. The highest BCUT2D eigenvalue weighted by molar-refractivity contribution is 9.10. The lowest BCUT2D eigenvalue weighted by Crippen LogP contribution is -2.30. The quantitative estimate of drug-likeness (QED) is 0.671. The highest BCUT2D eigenvalue weighted by Gasteiger charge is 2.14. The third-order valence-electron chi connectivity index (χ3n) is 2.77. The van der Waals surface area contributed by atoms with Crippen molar-refractivity contribution in [1.82, 2.24) is 15.0 Å². The average molecular weight is 313 g/mol. The molecule has 1 heterocycles. The molecule has 1 aromatic heterocycles. The highest BCUT2D eigenvalue weighted by Crippen LogP contribution is 2.21. The fraction of sp³-hybridized carbons (Fsp3) is 0.250. The molecule has 0 aliphatic rings. The smallest absolute Gasteiger partial charge is 0.124 e. The van der Waals surface area contributed by atoms with Crippen molar-refractivity contribution in [2.24, 2.45) is 12.9 Å². The Morgan fingerprint density at radius 1 is 1.50 bits per heavy atom. The summed E-state index contributed by atoms with van der Waals surface area (Å²) in [5.41, 5.74) is 4.56. The SMILES string of the molecule is Cn1cncc1C(Cc1cc(F)cc(Br)c1)NN. The first kappa shape index (κ1) is 13.2. The molecule has 2 aromatic rings. The lowest BCUT2D eigenvalue weighted by atomic mass is 10.0. The lowest BCUT2D eigenvalue weighted by Gasteiger charge is -2.16. The number of hydrogen-bond donors (Lipinski definition) is 2. The summed E-state index contributed by atoms with van der Waals surface area (Å²) >= 11 is 3.28. The molecule has 0 saturated heterocycles. The molecule has 18 heavy (non-hydrogen) atoms. The maximum atomic E-state index is 13.3. The maximum Gasteiger partial charge on any atom is 0.124 e. The standard InChI is InChI=1S/C12H14BrFN4/c1-18-7-16-6-12(18)11(17-15)4-8-2-9(13)5-10(14)3-8/h2-3,5-7,11,17H,4,15H2,1H3. The van der Waals surface area contributed by atoms with Gasteiger partial charge in [-0.1, -0.05) is 15.9 Å². The Balaban J connectivity index is 2.23. The third kappa shape index (κ3) is 2.95. The summed E-state index contributed by atoms with van der Waals surface area (Å²) in [5, 5.41) is 0. The van der Waals surface area contributed by atoms with E-state index in [1.54, 1.807) is 12.5 Å². The van der Waals surface area contributed by atoms with E-state index in [0.717, 1.165) is 15.7 Å². The van der Waals surface area contributed by atoms with E-state index in [0.29, 0.717) is 6.42 Å². The van der Waals surface area contributed by atoms with Crippen molar-refractivity contribution in [2.45, 2.75) is 12.5 Å². The van der Waals surface area contributed by atoms with Crippen LogP contribution in [0.25, 0.3) is 0 Å². The Morgan fingerprint density at radius 2 is 2.28 bits per heavy atom. The molecule has 6 heteroatoms. The van der Waals surface area contributed by atoms with Crippen LogP contribution in [0.15, 0.2) is 35.2 Å². The molecule has 0 amide bonds. The number of imidazole rings is 1. The number of aromatic nitrogens is 2. The maximum absolute atomic E-state index is 13.3. The van der Waals surface area contributed by atoms with E-state index >= 15 is 0 Å². The van der Waals surface area contributed by atoms with Crippen LogP contribution < -0.4 is 11.3 Å². The second-order valence-corrected chi connectivity index (χ2v) is 5.05. The van der Waals surface area contributed by atoms with Gasteiger partial charge in [-0.15, -0.1) is 0 Å². The van der Waals surface area contributed by atoms with Gasteiger partial charge in [0.25, 0.3) is 0 Å². The van der Waals surface area contributed by atoms with E-state index < -0.39 is 0 Å². The van der Waals surface area contributed by atoms with Gasteiger partial charge in [0.05, 0.1) is 18.1 Å². The summed E-state index contributed by atoms with van der Waals surface area (Å²) in [6.07, 6.45) is 4.05. The number of nitrogens with zero attached hydrogens (tertiary/aromatic N) is 2. The molecule has 1 unspecified atom stereocenters. The first-order chi connectivity index (χ1) is 8.60. The summed E-state index contributed by atoms with van der Waals surface area (Å²) in [6, 6.07) is 4.71. The lowest BCUT2D eigenvalue weighted by molar-refractivity contribution is 0.519. The molecule has 0 saturated carbocycles. The zero-order valence-electron chi connectivity index (χ0n) is 9.90. The van der Waals surface area contributed by atoms with E-state index in [2.05, 4.69) is 26.3 Å². The van der Waals surface area contributed by atoms with Gasteiger partial charge in [-0.05, 0) is 30.2 Å². The molecule has 4 nitrogen and oxygen atoms in total. The zero-order chi connectivity index (χ0) is 13.1. The van der Waals surface area contributed by atoms with Crippen molar-refractivity contribution in [2.75, 3.05) is 0 Å². The monoisotopic (exact) mass is 312 g/mol. The Hall–Kier alpha value is -1.24. The normalized spacial score (nSPS) is 12.7. The number of rotatable bonds is 4. The Labute approximate surface area is 113 Å². The number of halogens is 2. The molecule has 0 aliphatic heterocycles. The molecular weight excluding hydrogens is 299 g/mol. The molecule has 0 aliphatic carbocycles. The molecular formula is C12H14BrFN4. The van der Waals surface area contributed by atoms with Crippen molar-refractivity contribution in [3.8, 4) is 0 Å². The van der Waals surface area contributed by atoms with Crippen LogP contribution in [0.2, 0.25) is 0 Å². The Morgan fingerprint density at radius 3 is 2.83 bits per heavy atom. The first-order valence-electron chi connectivity index (χ1n) is 5.47. The number of hydrogen-bond acceptors (Lipinski definition) is 3. The molecule has 0 radical (unpaired) electrons. The minimum absolute atomic E-state index is 0.105. The average Bonchev–Trinajstić information content (AvgIpc) is 2.71. The van der Waals surface area contributed by atoms with Gasteiger partial charge in [0, 0.05) is 17.7 Å². The topological polar surface area (TPSA) is 55.9 Å². The minimum Gasteiger partial charge on any atom is -0.336 e. The van der Waals surface area contributed by atoms with E-state index in [1.165, 1.54) is 12.1 Å². The van der Waals surface area contributed by atoms with Crippen LogP contribution in [-0.2, 0) is 13.5 Å². The molecule has 1 atom stereocenters. The van der Waals surface area contributed by atoms with Gasteiger partial charge >= 0.3 is 0 Å². The van der Waals surface area contributed by atoms with Crippen LogP contribution in [0.3, 0.4) is 0 Å². The molecule has 0 fully saturated rings. The van der Waals surface area contributed by atoms with Crippen LogP contribution in [0, 0.1) is 5.82 Å². The van der Waals surface area contributed by atoms with E-state index in [9.17, 15) is 4.39 Å². The van der Waals surface area contributed by atoms with Crippen LogP contribution >= 0.6 is 15.9 Å². The molecule has 0 spiro atoms. The number of hydrazine groups is 1. The van der Waals surface area contributed by atoms with E-state index in [1.807, 2.05) is 17.7 Å². The Bertz CT molecular complexity index is 520. The molecule has 0 bridgehead atoms. The fourth-order valence-corrected chi connectivity index (χ4v) is 2.43. The predicted molar refractivity (Wildman–Crippen MR) is 71.1 cm³/mol. The number of benzene rings is 1. The first-order valence-corrected chi connectivity index (χ1v) is 6.26. The Kier molecular flexibility index (Phi) is 4.11. The van der Waals surface area contributed by atoms with E-state index in [4.69, 9.17) is 5.84 Å². The van der Waals surface area contributed by atoms with Gasteiger partial charge < -0.3 is 4.57 Å². The van der Waals surface area contributed by atoms with Crippen molar-refractivity contribution in [3.05, 3.63) is 52.3 Å². The largest absolute Gasteiger partial charge is 0.336 e. The zero-order valence-corrected chi connectivity index (χ0v) is 11.5. The number of nitrogens with two attached hydrogens (primary N) is 1. The van der Waals surface area contributed by atoms with Crippen molar-refractivity contribution in [1.29, 1.82) is 0 Å². The van der Waals surface area contributed by atoms with Crippen LogP contribution in [0.5, 0.6) is 0 Å². The number of aryl methyl sites for hydroxylation is 1. The van der Waals surface area contributed by atoms with Crippen molar-refractivity contribution < 1.29 is 4.39 Å². The highest BCUT2D eigenvalue weighted by atomic mass is 79.9. The fourth-order valence-electron chi connectivity index (χ4n) is 1.92. The molecule has 1 aromatic carbocycles. The summed E-state index contributed by atoms with van der Waals surface area (Å²) in [6.45, 7) is 0. The van der Waals surface area contributed by atoms with E-state index in [-0.39, 0.29) is 11.9 Å². The van der Waals surface area contributed by atoms with Crippen LogP contribution in [0.4, 0.5) is 4.39 Å². The second kappa shape index (κ2) is 5.60. The second-order valence-electron chi connectivity index (χ2n) is 4.13. The van der Waals surface area contributed by atoms with Gasteiger partial charge in [-0.2, -0.15) is 0 Å². The summed E-state index contributed by atoms with van der Waals surface area (Å²) in [7, 11) is 1.90. The molecule has 2 rings (SSSR count). The summed E-state index contributed by atoms with van der Waals surface area (Å²) in [5.74, 6) is 5.30. The van der Waals surface area contributed by atoms with Gasteiger partial charge in [0.15, 0.2) is 0 Å². The van der Waals surface area contributed by atoms with Crippen molar-refractivity contribution in [3.63, 3.8) is 0 Å². The summed E-state index contributed by atoms with van der Waals surface area (Å²) < 4.78 is 15.9. The number of nitrogens with one attached hydrogen (secondary N) is 1. The molecule has 3 N–H and O–H groups in total. The van der Waals surface area contributed by atoms with Crippen LogP contribution in [0.1, 0.15) is 17.3 Å². The van der Waals surface area contributed by atoms with Gasteiger partial charge in [-0.25, -0.2) is 9.37 Å². The van der Waals surface area contributed by atoms with Gasteiger partial charge in [0.2, 0.25) is 0 Å². The predicted octanol–water partition coefficient (Wildman–Crippen LogP) is 2.07. The summed E-state index contributed by atoms with van der Waals surface area (Å²) in [4.78, 5) is 4.05. The van der Waals surface area contributed by atoms with Crippen LogP contribution in [-0.4, -0.2) is 9.55 Å². The minimum atomic E-state index is -0.264. The van der Waals surface area contributed by atoms with Crippen molar-refractivity contribution >= 4 is 15.9 Å². The third-order valence-corrected chi connectivity index (χ3v) is 3.23. The van der Waals surface area contributed by atoms with Gasteiger partial charge in [0.1, 0.15) is 5.82 Å².